The van der Waals surface area contributed by atoms with E-state index in [4.69, 9.17) is 10.5 Å². The molecule has 3 N–H and O–H groups in total. The van der Waals surface area contributed by atoms with Crippen molar-refractivity contribution in [3.63, 3.8) is 0 Å². The van der Waals surface area contributed by atoms with Crippen molar-refractivity contribution in [2.45, 2.75) is 32.6 Å². The van der Waals surface area contributed by atoms with E-state index in [-0.39, 0.29) is 12.5 Å². The van der Waals surface area contributed by atoms with E-state index < -0.39 is 0 Å². The number of unbranched alkanes of at least 4 members (excludes halogenated alkanes) is 3. The van der Waals surface area contributed by atoms with Crippen molar-refractivity contribution >= 4 is 5.91 Å². The van der Waals surface area contributed by atoms with E-state index in [0.29, 0.717) is 6.61 Å². The number of ether oxygens (including phenoxy) is 1. The van der Waals surface area contributed by atoms with Gasteiger partial charge in [-0.3, -0.25) is 4.79 Å². The van der Waals surface area contributed by atoms with Gasteiger partial charge in [-0.05, 0) is 26.3 Å². The molecule has 0 aromatic rings. The molecule has 84 valence electrons. The first-order chi connectivity index (χ1) is 6.81. The summed E-state index contributed by atoms with van der Waals surface area (Å²) in [5.41, 5.74) is 5.36. The molecular weight excluding hydrogens is 180 g/mol. The molecule has 0 fully saturated rings. The zero-order chi connectivity index (χ0) is 10.6. The van der Waals surface area contributed by atoms with Crippen molar-refractivity contribution in [2.24, 2.45) is 5.73 Å². The van der Waals surface area contributed by atoms with Crippen molar-refractivity contribution in [3.8, 4) is 0 Å². The molecule has 0 radical (unpaired) electrons. The Morgan fingerprint density at radius 3 is 2.64 bits per heavy atom. The lowest BCUT2D eigenvalue weighted by Gasteiger charge is -2.04. The summed E-state index contributed by atoms with van der Waals surface area (Å²) >= 11 is 0. The fourth-order valence-corrected chi connectivity index (χ4v) is 1.10. The Morgan fingerprint density at radius 1 is 1.29 bits per heavy atom. The quantitative estimate of drug-likeness (QED) is 0.540. The van der Waals surface area contributed by atoms with Crippen molar-refractivity contribution < 1.29 is 9.53 Å². The third-order valence-corrected chi connectivity index (χ3v) is 1.89. The van der Waals surface area contributed by atoms with E-state index in [1.54, 1.807) is 0 Å². The highest BCUT2D eigenvalue weighted by Crippen LogP contribution is 1.96. The normalized spacial score (nSPS) is 10.1. The molecule has 0 bridgehead atoms. The van der Waals surface area contributed by atoms with Gasteiger partial charge in [0, 0.05) is 13.2 Å². The minimum absolute atomic E-state index is 0.0225. The highest BCUT2D eigenvalue weighted by Gasteiger charge is 1.98. The Bertz CT molecular complexity index is 140. The van der Waals surface area contributed by atoms with E-state index in [2.05, 4.69) is 5.32 Å². The molecule has 0 atom stereocenters. The second-order valence-electron chi connectivity index (χ2n) is 3.19. The molecule has 0 spiro atoms. The second-order valence-corrected chi connectivity index (χ2v) is 3.19. The van der Waals surface area contributed by atoms with Gasteiger partial charge < -0.3 is 15.8 Å². The Kier molecular flexibility index (Phi) is 10.0. The molecular formula is C10H22N2O2. The number of carbonyl (C=O) groups excluding carboxylic acids is 1. The predicted octanol–water partition coefficient (Wildman–Crippen LogP) is 0.658. The number of nitrogens with two attached hydrogens (primary N) is 1. The number of hydrogen-bond donors (Lipinski definition) is 2. The highest BCUT2D eigenvalue weighted by atomic mass is 16.5. The van der Waals surface area contributed by atoms with Crippen LogP contribution in [0.25, 0.3) is 0 Å². The number of carbonyl (C=O) groups is 1. The van der Waals surface area contributed by atoms with Gasteiger partial charge in [0.2, 0.25) is 5.91 Å². The molecule has 14 heavy (non-hydrogen) atoms. The Labute approximate surface area is 86.2 Å². The van der Waals surface area contributed by atoms with E-state index in [9.17, 15) is 4.79 Å². The maximum Gasteiger partial charge on any atom is 0.245 e. The SMILES string of the molecule is CCOCC(=O)NCCCCCCN. The summed E-state index contributed by atoms with van der Waals surface area (Å²) in [5.74, 6) is -0.0225. The van der Waals surface area contributed by atoms with E-state index in [1.165, 1.54) is 0 Å². The molecule has 0 aliphatic rings. The predicted molar refractivity (Wildman–Crippen MR) is 57.0 cm³/mol. The number of rotatable bonds is 9. The highest BCUT2D eigenvalue weighted by molar-refractivity contribution is 5.77. The van der Waals surface area contributed by atoms with Crippen molar-refractivity contribution in [2.75, 3.05) is 26.3 Å². The lowest BCUT2D eigenvalue weighted by Crippen LogP contribution is -2.28. The zero-order valence-corrected chi connectivity index (χ0v) is 9.05. The molecule has 0 aromatic heterocycles. The summed E-state index contributed by atoms with van der Waals surface area (Å²) in [4.78, 5) is 11.0. The molecule has 1 amide bonds. The van der Waals surface area contributed by atoms with Gasteiger partial charge in [0.25, 0.3) is 0 Å². The number of nitrogens with one attached hydrogen (secondary N) is 1. The standard InChI is InChI=1S/C10H22N2O2/c1-2-14-9-10(13)12-8-6-4-3-5-7-11/h2-9,11H2,1H3,(H,12,13). The first-order valence-corrected chi connectivity index (χ1v) is 5.35. The molecule has 0 aliphatic heterocycles. The van der Waals surface area contributed by atoms with Crippen molar-refractivity contribution in [1.82, 2.24) is 5.32 Å². The number of amides is 1. The summed E-state index contributed by atoms with van der Waals surface area (Å²) in [5, 5.41) is 2.80. The third kappa shape index (κ3) is 9.48. The minimum atomic E-state index is -0.0225. The van der Waals surface area contributed by atoms with Crippen LogP contribution in [-0.2, 0) is 9.53 Å². The molecule has 0 rings (SSSR count). The first-order valence-electron chi connectivity index (χ1n) is 5.35. The molecule has 0 aliphatic carbocycles. The van der Waals surface area contributed by atoms with E-state index in [1.807, 2.05) is 6.92 Å². The van der Waals surface area contributed by atoms with Crippen LogP contribution in [0.15, 0.2) is 0 Å². The Morgan fingerprint density at radius 2 is 2.00 bits per heavy atom. The lowest BCUT2D eigenvalue weighted by atomic mass is 10.2. The second kappa shape index (κ2) is 10.5. The van der Waals surface area contributed by atoms with Crippen molar-refractivity contribution in [1.29, 1.82) is 0 Å². The van der Waals surface area contributed by atoms with Crippen LogP contribution in [0, 0.1) is 0 Å². The summed E-state index contributed by atoms with van der Waals surface area (Å²) in [6.07, 6.45) is 4.38. The van der Waals surface area contributed by atoms with E-state index >= 15 is 0 Å². The average Bonchev–Trinajstić information content (AvgIpc) is 2.20. The minimum Gasteiger partial charge on any atom is -0.372 e. The monoisotopic (exact) mass is 202 g/mol. The summed E-state index contributed by atoms with van der Waals surface area (Å²) < 4.78 is 4.96. The van der Waals surface area contributed by atoms with E-state index in [0.717, 1.165) is 38.8 Å². The van der Waals surface area contributed by atoms with Crippen LogP contribution in [0.2, 0.25) is 0 Å². The Hall–Kier alpha value is -0.610. The molecule has 0 saturated carbocycles. The van der Waals surface area contributed by atoms with Crippen LogP contribution in [0.4, 0.5) is 0 Å². The summed E-state index contributed by atoms with van der Waals surface area (Å²) in [7, 11) is 0. The van der Waals surface area contributed by atoms with Crippen LogP contribution in [-0.4, -0.2) is 32.2 Å². The fourth-order valence-electron chi connectivity index (χ4n) is 1.10. The van der Waals surface area contributed by atoms with Crippen LogP contribution in [0.3, 0.4) is 0 Å². The van der Waals surface area contributed by atoms with Crippen LogP contribution < -0.4 is 11.1 Å². The maximum atomic E-state index is 11.0. The van der Waals surface area contributed by atoms with Crippen LogP contribution in [0.5, 0.6) is 0 Å². The van der Waals surface area contributed by atoms with Gasteiger partial charge in [-0.1, -0.05) is 12.8 Å². The molecule has 4 nitrogen and oxygen atoms in total. The molecule has 0 saturated heterocycles. The third-order valence-electron chi connectivity index (χ3n) is 1.89. The molecule has 4 heteroatoms. The largest absolute Gasteiger partial charge is 0.372 e. The van der Waals surface area contributed by atoms with Gasteiger partial charge >= 0.3 is 0 Å². The van der Waals surface area contributed by atoms with Crippen LogP contribution in [0.1, 0.15) is 32.6 Å². The molecule has 0 aromatic carbocycles. The molecule has 0 unspecified atom stereocenters. The lowest BCUT2D eigenvalue weighted by molar-refractivity contribution is -0.125. The topological polar surface area (TPSA) is 64.3 Å². The molecule has 0 heterocycles. The maximum absolute atomic E-state index is 11.0. The first kappa shape index (κ1) is 13.4. The summed E-state index contributed by atoms with van der Waals surface area (Å²) in [6.45, 7) is 4.15. The number of hydrogen-bond acceptors (Lipinski definition) is 3. The fraction of sp³-hybridized carbons (Fsp3) is 0.900. The average molecular weight is 202 g/mol. The Balaban J connectivity index is 3.07. The van der Waals surface area contributed by atoms with Gasteiger partial charge in [0.15, 0.2) is 0 Å². The zero-order valence-electron chi connectivity index (χ0n) is 9.05. The van der Waals surface area contributed by atoms with Gasteiger partial charge in [-0.2, -0.15) is 0 Å². The summed E-state index contributed by atoms with van der Waals surface area (Å²) in [6, 6.07) is 0. The van der Waals surface area contributed by atoms with Gasteiger partial charge in [-0.25, -0.2) is 0 Å². The van der Waals surface area contributed by atoms with Gasteiger partial charge in [-0.15, -0.1) is 0 Å². The smallest absolute Gasteiger partial charge is 0.245 e. The van der Waals surface area contributed by atoms with Gasteiger partial charge in [0.05, 0.1) is 0 Å². The van der Waals surface area contributed by atoms with Crippen LogP contribution >= 0.6 is 0 Å². The van der Waals surface area contributed by atoms with Crippen molar-refractivity contribution in [3.05, 3.63) is 0 Å². The van der Waals surface area contributed by atoms with Gasteiger partial charge in [0.1, 0.15) is 6.61 Å².